The van der Waals surface area contributed by atoms with Crippen LogP contribution in [-0.2, 0) is 24.3 Å². The summed E-state index contributed by atoms with van der Waals surface area (Å²) in [6.45, 7) is 0.304. The van der Waals surface area contributed by atoms with Gasteiger partial charge in [-0.1, -0.05) is 30.3 Å². The van der Waals surface area contributed by atoms with Crippen LogP contribution in [0.2, 0.25) is 0 Å². The molecular weight excluding hydrogens is 406 g/mol. The second-order valence-electron chi connectivity index (χ2n) is 4.13. The average molecular weight is 420 g/mol. The number of hydrogen-bond donors (Lipinski definition) is 1. The van der Waals surface area contributed by atoms with E-state index >= 15 is 0 Å². The lowest BCUT2D eigenvalue weighted by Gasteiger charge is -2.10. The van der Waals surface area contributed by atoms with Crippen molar-refractivity contribution in [1.29, 1.82) is 0 Å². The Morgan fingerprint density at radius 2 is 2.00 bits per heavy atom. The topological polar surface area (TPSA) is 68.9 Å². The first kappa shape index (κ1) is 16.4. The second kappa shape index (κ2) is 8.48. The standard InChI is InChI=1S/C14H14IO5P/c15-21-19-9-11-6-12(17)14(13(7-16)20-11)18-8-10-4-2-1-3-5-10/h1-6,16,21H,7-9H2. The van der Waals surface area contributed by atoms with Crippen LogP contribution in [0.25, 0.3) is 0 Å². The molecule has 1 unspecified atom stereocenters. The lowest BCUT2D eigenvalue weighted by Crippen LogP contribution is -2.12. The Hall–Kier alpha value is -0.950. The van der Waals surface area contributed by atoms with E-state index in [-0.39, 0.29) is 36.6 Å². The molecule has 0 amide bonds. The van der Waals surface area contributed by atoms with Gasteiger partial charge in [-0.25, -0.2) is 0 Å². The van der Waals surface area contributed by atoms with E-state index in [0.717, 1.165) is 5.56 Å². The lowest BCUT2D eigenvalue weighted by molar-refractivity contribution is 0.203. The Balaban J connectivity index is 2.16. The van der Waals surface area contributed by atoms with Gasteiger partial charge in [-0.15, -0.1) is 0 Å². The average Bonchev–Trinajstić information content (AvgIpc) is 2.52. The molecule has 0 aliphatic carbocycles. The molecule has 0 spiro atoms. The molecule has 1 atom stereocenters. The van der Waals surface area contributed by atoms with Gasteiger partial charge in [0.2, 0.25) is 11.2 Å². The highest BCUT2D eigenvalue weighted by Gasteiger charge is 2.13. The minimum absolute atomic E-state index is 0.0435. The molecule has 7 heteroatoms. The van der Waals surface area contributed by atoms with Crippen LogP contribution in [0.4, 0.5) is 0 Å². The Morgan fingerprint density at radius 3 is 2.67 bits per heavy atom. The largest absolute Gasteiger partial charge is 0.482 e. The van der Waals surface area contributed by atoms with E-state index in [1.807, 2.05) is 30.3 Å². The van der Waals surface area contributed by atoms with Crippen LogP contribution in [-0.4, -0.2) is 5.11 Å². The summed E-state index contributed by atoms with van der Waals surface area (Å²) in [5, 5.41) is 9.34. The van der Waals surface area contributed by atoms with Crippen molar-refractivity contribution in [3.8, 4) is 5.75 Å². The van der Waals surface area contributed by atoms with E-state index in [9.17, 15) is 9.90 Å². The molecule has 112 valence electrons. The van der Waals surface area contributed by atoms with Crippen molar-refractivity contribution in [3.05, 3.63) is 63.7 Å². The summed E-state index contributed by atoms with van der Waals surface area (Å²) >= 11 is 2.08. The zero-order chi connectivity index (χ0) is 15.1. The van der Waals surface area contributed by atoms with Gasteiger partial charge in [-0.05, 0) is 27.6 Å². The molecule has 0 saturated carbocycles. The number of ether oxygens (including phenoxy) is 1. The van der Waals surface area contributed by atoms with Crippen molar-refractivity contribution in [2.75, 3.05) is 0 Å². The molecule has 1 N–H and O–H groups in total. The molecule has 0 aliphatic heterocycles. The highest BCUT2D eigenvalue weighted by atomic mass is 127. The van der Waals surface area contributed by atoms with Crippen LogP contribution in [0, 0.1) is 0 Å². The first-order valence-electron chi connectivity index (χ1n) is 6.15. The molecule has 0 radical (unpaired) electrons. The summed E-state index contributed by atoms with van der Waals surface area (Å²) in [4.78, 5) is 12.1. The highest BCUT2D eigenvalue weighted by molar-refractivity contribution is 14.2. The summed E-state index contributed by atoms with van der Waals surface area (Å²) in [6.07, 6.45) is 0. The van der Waals surface area contributed by atoms with Crippen molar-refractivity contribution in [2.45, 2.75) is 19.8 Å². The van der Waals surface area contributed by atoms with E-state index < -0.39 is 6.61 Å². The van der Waals surface area contributed by atoms with Gasteiger partial charge in [-0.2, -0.15) is 0 Å². The van der Waals surface area contributed by atoms with Crippen molar-refractivity contribution in [3.63, 3.8) is 0 Å². The number of benzene rings is 1. The van der Waals surface area contributed by atoms with E-state index in [4.69, 9.17) is 13.7 Å². The molecule has 2 rings (SSSR count). The van der Waals surface area contributed by atoms with Crippen molar-refractivity contribution in [1.82, 2.24) is 0 Å². The van der Waals surface area contributed by atoms with Crippen LogP contribution in [0.1, 0.15) is 17.1 Å². The van der Waals surface area contributed by atoms with Gasteiger partial charge in [0.15, 0.2) is 5.76 Å². The fraction of sp³-hybridized carbons (Fsp3) is 0.214. The number of rotatable bonds is 7. The third kappa shape index (κ3) is 4.78. The maximum Gasteiger partial charge on any atom is 0.227 e. The molecule has 0 bridgehead atoms. The van der Waals surface area contributed by atoms with E-state index in [0.29, 0.717) is 5.76 Å². The predicted molar refractivity (Wildman–Crippen MR) is 88.8 cm³/mol. The number of aliphatic hydroxyl groups excluding tert-OH is 1. The van der Waals surface area contributed by atoms with Crippen LogP contribution in [0.3, 0.4) is 0 Å². The maximum absolute atomic E-state index is 12.1. The summed E-state index contributed by atoms with van der Waals surface area (Å²) < 4.78 is 16.1. The summed E-state index contributed by atoms with van der Waals surface area (Å²) in [5.41, 5.74) is 0.607. The number of hydrogen-bond acceptors (Lipinski definition) is 5. The fourth-order valence-electron chi connectivity index (χ4n) is 1.74. The molecule has 0 saturated heterocycles. The van der Waals surface area contributed by atoms with Gasteiger partial charge in [-0.3, -0.25) is 4.79 Å². The van der Waals surface area contributed by atoms with Crippen molar-refractivity contribution < 1.29 is 18.8 Å². The van der Waals surface area contributed by atoms with Gasteiger partial charge < -0.3 is 18.8 Å². The third-order valence-corrected chi connectivity index (χ3v) is 3.85. The van der Waals surface area contributed by atoms with Crippen molar-refractivity contribution >= 4 is 28.5 Å². The molecular formula is C14H14IO5P. The van der Waals surface area contributed by atoms with E-state index in [2.05, 4.69) is 22.0 Å². The van der Waals surface area contributed by atoms with Crippen molar-refractivity contribution in [2.24, 2.45) is 0 Å². The van der Waals surface area contributed by atoms with E-state index in [1.165, 1.54) is 6.07 Å². The second-order valence-corrected chi connectivity index (χ2v) is 5.89. The number of aliphatic hydroxyl groups is 1. The minimum Gasteiger partial charge on any atom is -0.482 e. The summed E-state index contributed by atoms with van der Waals surface area (Å²) in [5.74, 6) is 0.538. The molecule has 1 aromatic heterocycles. The number of halogens is 1. The molecule has 1 aromatic carbocycles. The van der Waals surface area contributed by atoms with Gasteiger partial charge in [0.1, 0.15) is 25.6 Å². The Labute approximate surface area is 136 Å². The molecule has 0 fully saturated rings. The van der Waals surface area contributed by atoms with Crippen LogP contribution >= 0.6 is 28.5 Å². The van der Waals surface area contributed by atoms with Gasteiger partial charge in [0, 0.05) is 6.07 Å². The minimum atomic E-state index is -0.403. The monoisotopic (exact) mass is 420 g/mol. The van der Waals surface area contributed by atoms with Crippen LogP contribution in [0.5, 0.6) is 5.75 Å². The highest BCUT2D eigenvalue weighted by Crippen LogP contribution is 2.25. The molecule has 2 aromatic rings. The normalized spacial score (nSPS) is 11.1. The van der Waals surface area contributed by atoms with Gasteiger partial charge in [0.25, 0.3) is 0 Å². The quantitative estimate of drug-likeness (QED) is 0.551. The molecule has 21 heavy (non-hydrogen) atoms. The third-order valence-electron chi connectivity index (χ3n) is 2.66. The van der Waals surface area contributed by atoms with E-state index in [1.54, 1.807) is 0 Å². The lowest BCUT2D eigenvalue weighted by atomic mass is 10.2. The zero-order valence-corrected chi connectivity index (χ0v) is 14.2. The first-order valence-corrected chi connectivity index (χ1v) is 10.2. The predicted octanol–water partition coefficient (Wildman–Crippen LogP) is 3.17. The van der Waals surface area contributed by atoms with Gasteiger partial charge >= 0.3 is 0 Å². The first-order chi connectivity index (χ1) is 10.2. The Morgan fingerprint density at radius 1 is 1.24 bits per heavy atom. The summed E-state index contributed by atoms with van der Waals surface area (Å²) in [6, 6.07) is 10.8. The fourth-order valence-corrected chi connectivity index (χ4v) is 2.40. The molecule has 1 heterocycles. The SMILES string of the molecule is O=c1cc(COPI)oc(CO)c1OCc1ccccc1. The van der Waals surface area contributed by atoms with Gasteiger partial charge in [0.05, 0.1) is 6.45 Å². The molecule has 0 aliphatic rings. The summed E-state index contributed by atoms with van der Waals surface area (Å²) in [7, 11) is 0. The van der Waals surface area contributed by atoms with Crippen LogP contribution < -0.4 is 10.2 Å². The van der Waals surface area contributed by atoms with Crippen LogP contribution in [0.15, 0.2) is 45.6 Å². The zero-order valence-electron chi connectivity index (χ0n) is 11.0. The smallest absolute Gasteiger partial charge is 0.227 e. The maximum atomic E-state index is 12.1. The Kier molecular flexibility index (Phi) is 6.63. The molecule has 5 nitrogen and oxygen atoms in total. The Bertz CT molecular complexity index is 629.